The summed E-state index contributed by atoms with van der Waals surface area (Å²) in [4.78, 5) is 18.4. The number of nitrogens with zero attached hydrogens (tertiary/aromatic N) is 4. The maximum absolute atomic E-state index is 12.3. The van der Waals surface area contributed by atoms with Gasteiger partial charge in [-0.15, -0.1) is 0 Å². The van der Waals surface area contributed by atoms with E-state index in [0.717, 1.165) is 35.0 Å². The van der Waals surface area contributed by atoms with Gasteiger partial charge < -0.3 is 9.64 Å². The fourth-order valence-corrected chi connectivity index (χ4v) is 3.83. The fourth-order valence-electron chi connectivity index (χ4n) is 3.70. The number of pyridine rings is 1. The number of piperidine rings is 1. The first-order chi connectivity index (χ1) is 13.8. The number of ether oxygens (including phenoxy) is 1. The molecular formula is C22H25ClN4O2. The van der Waals surface area contributed by atoms with Gasteiger partial charge in [0.2, 0.25) is 0 Å². The summed E-state index contributed by atoms with van der Waals surface area (Å²) >= 11 is 6.04. The summed E-state index contributed by atoms with van der Waals surface area (Å²) in [6.45, 7) is 6.98. The number of halogens is 1. The molecule has 1 amide bonds. The van der Waals surface area contributed by atoms with E-state index >= 15 is 0 Å². The van der Waals surface area contributed by atoms with E-state index in [0.29, 0.717) is 18.1 Å². The zero-order valence-corrected chi connectivity index (χ0v) is 17.7. The van der Waals surface area contributed by atoms with Gasteiger partial charge in [0.05, 0.1) is 11.6 Å². The highest BCUT2D eigenvalue weighted by Gasteiger charge is 2.29. The Balaban J connectivity index is 1.58. The van der Waals surface area contributed by atoms with E-state index < -0.39 is 5.60 Å². The van der Waals surface area contributed by atoms with Crippen molar-refractivity contribution in [3.8, 4) is 11.3 Å². The first-order valence-electron chi connectivity index (χ1n) is 9.88. The third-order valence-electron chi connectivity index (χ3n) is 5.09. The molecule has 4 rings (SSSR count). The molecule has 3 heterocycles. The third kappa shape index (κ3) is 4.22. The van der Waals surface area contributed by atoms with Crippen molar-refractivity contribution in [3.05, 3.63) is 47.7 Å². The van der Waals surface area contributed by atoms with Gasteiger partial charge in [-0.1, -0.05) is 23.7 Å². The highest BCUT2D eigenvalue weighted by molar-refractivity contribution is 6.30. The molecule has 0 saturated carbocycles. The molecule has 2 aromatic heterocycles. The maximum Gasteiger partial charge on any atom is 0.410 e. The molecule has 0 unspecified atom stereocenters. The van der Waals surface area contributed by atoms with Gasteiger partial charge in [0.1, 0.15) is 11.3 Å². The van der Waals surface area contributed by atoms with Crippen molar-refractivity contribution in [1.29, 1.82) is 0 Å². The second-order valence-electron chi connectivity index (χ2n) is 8.39. The van der Waals surface area contributed by atoms with E-state index in [1.165, 1.54) is 0 Å². The van der Waals surface area contributed by atoms with Crippen LogP contribution >= 0.6 is 11.6 Å². The Hall–Kier alpha value is -2.60. The van der Waals surface area contributed by atoms with Crippen LogP contribution in [0.5, 0.6) is 0 Å². The molecule has 1 aliphatic heterocycles. The summed E-state index contributed by atoms with van der Waals surface area (Å²) in [6, 6.07) is 9.93. The van der Waals surface area contributed by atoms with E-state index in [1.807, 2.05) is 57.3 Å². The summed E-state index contributed by atoms with van der Waals surface area (Å²) in [6.07, 6.45) is 5.07. The van der Waals surface area contributed by atoms with E-state index in [2.05, 4.69) is 9.67 Å². The molecule has 0 atom stereocenters. The first-order valence-corrected chi connectivity index (χ1v) is 10.3. The van der Waals surface area contributed by atoms with Gasteiger partial charge >= 0.3 is 6.09 Å². The van der Waals surface area contributed by atoms with Crippen molar-refractivity contribution >= 4 is 28.6 Å². The summed E-state index contributed by atoms with van der Waals surface area (Å²) in [5, 5.41) is 6.66. The lowest BCUT2D eigenvalue weighted by molar-refractivity contribution is 0.0186. The van der Waals surface area contributed by atoms with Crippen LogP contribution in [0.4, 0.5) is 4.79 Å². The van der Waals surface area contributed by atoms with Crippen LogP contribution in [-0.4, -0.2) is 44.4 Å². The van der Waals surface area contributed by atoms with Crippen molar-refractivity contribution in [2.24, 2.45) is 0 Å². The van der Waals surface area contributed by atoms with E-state index in [-0.39, 0.29) is 12.1 Å². The molecule has 0 bridgehead atoms. The predicted molar refractivity (Wildman–Crippen MR) is 114 cm³/mol. The Morgan fingerprint density at radius 1 is 1.14 bits per heavy atom. The van der Waals surface area contributed by atoms with Crippen molar-refractivity contribution < 1.29 is 9.53 Å². The smallest absolute Gasteiger partial charge is 0.410 e. The molecule has 1 fully saturated rings. The van der Waals surface area contributed by atoms with Gasteiger partial charge in [0, 0.05) is 41.5 Å². The molecule has 1 aromatic carbocycles. The van der Waals surface area contributed by atoms with Gasteiger partial charge in [0.25, 0.3) is 0 Å². The fraction of sp³-hybridized carbons (Fsp3) is 0.409. The maximum atomic E-state index is 12.3. The summed E-state index contributed by atoms with van der Waals surface area (Å²) < 4.78 is 7.60. The Morgan fingerprint density at radius 3 is 2.48 bits per heavy atom. The Morgan fingerprint density at radius 2 is 1.83 bits per heavy atom. The lowest BCUT2D eigenvalue weighted by Gasteiger charge is -2.33. The van der Waals surface area contributed by atoms with E-state index in [4.69, 9.17) is 21.4 Å². The monoisotopic (exact) mass is 412 g/mol. The van der Waals surface area contributed by atoms with Crippen LogP contribution in [-0.2, 0) is 4.74 Å². The number of carbonyl (C=O) groups excluding carboxylic acids is 1. The number of fused-ring (bicyclic) bond motifs is 1. The number of rotatable bonds is 2. The number of hydrogen-bond donors (Lipinski definition) is 0. The molecule has 29 heavy (non-hydrogen) atoms. The van der Waals surface area contributed by atoms with Gasteiger partial charge in [-0.3, -0.25) is 9.67 Å². The summed E-state index contributed by atoms with van der Waals surface area (Å²) in [7, 11) is 0. The predicted octanol–water partition coefficient (Wildman–Crippen LogP) is 5.32. The summed E-state index contributed by atoms with van der Waals surface area (Å²) in [5.41, 5.74) is 2.49. The van der Waals surface area contributed by atoms with Crippen molar-refractivity contribution in [1.82, 2.24) is 19.7 Å². The standard InChI is InChI=1S/C22H25ClN4O2/c1-22(2,3)29-21(28)26-12-9-17(10-13-26)27-19-8-11-24-14-18(19)20(25-27)15-4-6-16(23)7-5-15/h4-8,11,14,17H,9-10,12-13H2,1-3H3. The molecule has 0 spiro atoms. The molecule has 3 aromatic rings. The van der Waals surface area contributed by atoms with Crippen molar-refractivity contribution in [3.63, 3.8) is 0 Å². The number of amides is 1. The molecule has 0 aliphatic carbocycles. The van der Waals surface area contributed by atoms with Crippen LogP contribution in [0.2, 0.25) is 5.02 Å². The Labute approximate surface area is 175 Å². The molecule has 152 valence electrons. The molecule has 7 heteroatoms. The number of benzene rings is 1. The second kappa shape index (κ2) is 7.67. The SMILES string of the molecule is CC(C)(C)OC(=O)N1CCC(n2nc(-c3ccc(Cl)cc3)c3cnccc32)CC1. The first kappa shape index (κ1) is 19.7. The number of hydrogen-bond acceptors (Lipinski definition) is 4. The van der Waals surface area contributed by atoms with Crippen LogP contribution in [0.1, 0.15) is 39.7 Å². The van der Waals surface area contributed by atoms with E-state index in [1.54, 1.807) is 11.1 Å². The zero-order chi connectivity index (χ0) is 20.6. The number of carbonyl (C=O) groups is 1. The molecule has 1 aliphatic rings. The van der Waals surface area contributed by atoms with Crippen LogP contribution in [0.3, 0.4) is 0 Å². The Bertz CT molecular complexity index is 1020. The topological polar surface area (TPSA) is 60.2 Å². The highest BCUT2D eigenvalue weighted by atomic mass is 35.5. The minimum Gasteiger partial charge on any atom is -0.444 e. The molecule has 1 saturated heterocycles. The Kier molecular flexibility index (Phi) is 5.21. The van der Waals surface area contributed by atoms with Crippen molar-refractivity contribution in [2.75, 3.05) is 13.1 Å². The minimum atomic E-state index is -0.480. The van der Waals surface area contributed by atoms with Gasteiger partial charge in [0.15, 0.2) is 0 Å². The lowest BCUT2D eigenvalue weighted by atomic mass is 10.1. The van der Waals surface area contributed by atoms with Gasteiger partial charge in [-0.05, 0) is 51.8 Å². The summed E-state index contributed by atoms with van der Waals surface area (Å²) in [5.74, 6) is 0. The molecule has 6 nitrogen and oxygen atoms in total. The quantitative estimate of drug-likeness (QED) is 0.571. The number of aromatic nitrogens is 3. The van der Waals surface area contributed by atoms with Crippen LogP contribution in [0, 0.1) is 0 Å². The van der Waals surface area contributed by atoms with E-state index in [9.17, 15) is 4.79 Å². The van der Waals surface area contributed by atoms with Crippen molar-refractivity contribution in [2.45, 2.75) is 45.3 Å². The largest absolute Gasteiger partial charge is 0.444 e. The van der Waals surface area contributed by atoms with Gasteiger partial charge in [-0.25, -0.2) is 4.79 Å². The highest BCUT2D eigenvalue weighted by Crippen LogP contribution is 2.33. The lowest BCUT2D eigenvalue weighted by Crippen LogP contribution is -2.42. The molecule has 0 N–H and O–H groups in total. The van der Waals surface area contributed by atoms with Crippen LogP contribution < -0.4 is 0 Å². The average Bonchev–Trinajstić information content (AvgIpc) is 3.07. The zero-order valence-electron chi connectivity index (χ0n) is 16.9. The third-order valence-corrected chi connectivity index (χ3v) is 5.34. The number of likely N-dealkylation sites (tertiary alicyclic amines) is 1. The van der Waals surface area contributed by atoms with Gasteiger partial charge in [-0.2, -0.15) is 5.10 Å². The minimum absolute atomic E-state index is 0.222. The van der Waals surface area contributed by atoms with Crippen LogP contribution in [0.25, 0.3) is 22.2 Å². The molecular weight excluding hydrogens is 388 g/mol. The normalized spacial score (nSPS) is 15.7. The molecule has 0 radical (unpaired) electrons. The second-order valence-corrected chi connectivity index (χ2v) is 8.83. The van der Waals surface area contributed by atoms with Crippen LogP contribution in [0.15, 0.2) is 42.7 Å². The average molecular weight is 413 g/mol.